The van der Waals surface area contributed by atoms with Crippen LogP contribution in [0, 0.1) is 29.4 Å². The lowest BCUT2D eigenvalue weighted by atomic mass is 9.72. The van der Waals surface area contributed by atoms with E-state index in [1.54, 1.807) is 6.07 Å². The molecule has 0 bridgehead atoms. The molecule has 0 aliphatic heterocycles. The molecule has 1 fully saturated rings. The third-order valence-electron chi connectivity index (χ3n) is 4.60. The lowest BCUT2D eigenvalue weighted by Gasteiger charge is -2.37. The molecule has 0 amide bonds. The zero-order valence-corrected chi connectivity index (χ0v) is 13.3. The highest BCUT2D eigenvalue weighted by Gasteiger charge is 2.30. The SMILES string of the molecule is CCCNC(c1ccc(F)c(F)c1)C1CC(C)CC(C)C1. The minimum Gasteiger partial charge on any atom is -0.310 e. The Balaban J connectivity index is 2.22. The van der Waals surface area contributed by atoms with Crippen LogP contribution in [0.4, 0.5) is 8.78 Å². The van der Waals surface area contributed by atoms with Crippen LogP contribution in [0.2, 0.25) is 0 Å². The Morgan fingerprint density at radius 2 is 1.76 bits per heavy atom. The fraction of sp³-hybridized carbons (Fsp3) is 0.667. The maximum absolute atomic E-state index is 13.6. The van der Waals surface area contributed by atoms with Crippen molar-refractivity contribution in [2.24, 2.45) is 17.8 Å². The van der Waals surface area contributed by atoms with Crippen molar-refractivity contribution >= 4 is 0 Å². The second-order valence-corrected chi connectivity index (χ2v) is 6.78. The van der Waals surface area contributed by atoms with Gasteiger partial charge in [-0.3, -0.25) is 0 Å². The van der Waals surface area contributed by atoms with E-state index in [-0.39, 0.29) is 6.04 Å². The number of halogens is 2. The maximum Gasteiger partial charge on any atom is 0.159 e. The first-order valence-corrected chi connectivity index (χ1v) is 8.19. The molecule has 0 spiro atoms. The summed E-state index contributed by atoms with van der Waals surface area (Å²) in [5.41, 5.74) is 0.883. The largest absolute Gasteiger partial charge is 0.310 e. The predicted molar refractivity (Wildman–Crippen MR) is 83.1 cm³/mol. The van der Waals surface area contributed by atoms with Crippen LogP contribution >= 0.6 is 0 Å². The van der Waals surface area contributed by atoms with Crippen LogP contribution in [0.15, 0.2) is 18.2 Å². The highest BCUT2D eigenvalue weighted by atomic mass is 19.2. The standard InChI is InChI=1S/C18H27F2N/c1-4-7-21-18(14-5-6-16(19)17(20)11-14)15-9-12(2)8-13(3)10-15/h5-6,11-13,15,18,21H,4,7-10H2,1-3H3. The minimum absolute atomic E-state index is 0.130. The van der Waals surface area contributed by atoms with Gasteiger partial charge in [0.15, 0.2) is 11.6 Å². The molecule has 1 nitrogen and oxygen atoms in total. The summed E-state index contributed by atoms with van der Waals surface area (Å²) in [6.45, 7) is 7.62. The van der Waals surface area contributed by atoms with Gasteiger partial charge in [-0.1, -0.05) is 26.8 Å². The van der Waals surface area contributed by atoms with Crippen LogP contribution in [-0.2, 0) is 0 Å². The van der Waals surface area contributed by atoms with Gasteiger partial charge in [0.2, 0.25) is 0 Å². The van der Waals surface area contributed by atoms with Crippen LogP contribution in [0.3, 0.4) is 0 Å². The molecule has 1 aromatic carbocycles. The summed E-state index contributed by atoms with van der Waals surface area (Å²) in [6.07, 6.45) is 4.63. The van der Waals surface area contributed by atoms with Crippen LogP contribution in [0.1, 0.15) is 58.1 Å². The highest BCUT2D eigenvalue weighted by molar-refractivity contribution is 5.22. The molecule has 0 radical (unpaired) electrons. The van der Waals surface area contributed by atoms with E-state index >= 15 is 0 Å². The van der Waals surface area contributed by atoms with E-state index in [1.165, 1.54) is 18.6 Å². The van der Waals surface area contributed by atoms with E-state index in [9.17, 15) is 8.78 Å². The summed E-state index contributed by atoms with van der Waals surface area (Å²) in [7, 11) is 0. The van der Waals surface area contributed by atoms with Crippen molar-refractivity contribution in [2.75, 3.05) is 6.54 Å². The zero-order valence-electron chi connectivity index (χ0n) is 13.3. The Kier molecular flexibility index (Phi) is 5.74. The van der Waals surface area contributed by atoms with E-state index in [0.29, 0.717) is 17.8 Å². The fourth-order valence-corrected chi connectivity index (χ4v) is 3.84. The summed E-state index contributed by atoms with van der Waals surface area (Å²) < 4.78 is 26.8. The molecule has 118 valence electrons. The van der Waals surface area contributed by atoms with Crippen molar-refractivity contribution in [3.8, 4) is 0 Å². The lowest BCUT2D eigenvalue weighted by Crippen LogP contribution is -2.33. The van der Waals surface area contributed by atoms with Gasteiger partial charge in [-0.2, -0.15) is 0 Å². The van der Waals surface area contributed by atoms with Gasteiger partial charge in [0.05, 0.1) is 0 Å². The van der Waals surface area contributed by atoms with Gasteiger partial charge in [0.1, 0.15) is 0 Å². The molecule has 1 N–H and O–H groups in total. The maximum atomic E-state index is 13.6. The molecule has 21 heavy (non-hydrogen) atoms. The van der Waals surface area contributed by atoms with E-state index in [0.717, 1.165) is 31.4 Å². The van der Waals surface area contributed by atoms with Crippen LogP contribution in [-0.4, -0.2) is 6.54 Å². The molecule has 3 unspecified atom stereocenters. The van der Waals surface area contributed by atoms with Crippen molar-refractivity contribution in [1.29, 1.82) is 0 Å². The molecule has 2 rings (SSSR count). The molecular formula is C18H27F2N. The first kappa shape index (κ1) is 16.4. The topological polar surface area (TPSA) is 12.0 Å². The summed E-state index contributed by atoms with van der Waals surface area (Å²) in [4.78, 5) is 0. The Bertz CT molecular complexity index is 451. The quantitative estimate of drug-likeness (QED) is 0.799. The monoisotopic (exact) mass is 295 g/mol. The second kappa shape index (κ2) is 7.35. The van der Waals surface area contributed by atoms with Gasteiger partial charge in [-0.05, 0) is 67.7 Å². The van der Waals surface area contributed by atoms with Crippen molar-refractivity contribution in [3.63, 3.8) is 0 Å². The van der Waals surface area contributed by atoms with E-state index in [2.05, 4.69) is 26.1 Å². The molecular weight excluding hydrogens is 268 g/mol. The van der Waals surface area contributed by atoms with E-state index < -0.39 is 11.6 Å². The predicted octanol–water partition coefficient (Wildman–Crippen LogP) is 5.08. The van der Waals surface area contributed by atoms with Gasteiger partial charge < -0.3 is 5.32 Å². The molecule has 0 aromatic heterocycles. The number of rotatable bonds is 5. The van der Waals surface area contributed by atoms with Crippen LogP contribution < -0.4 is 5.32 Å². The summed E-state index contributed by atoms with van der Waals surface area (Å²) >= 11 is 0. The molecule has 1 aromatic rings. The number of hydrogen-bond acceptors (Lipinski definition) is 1. The molecule has 1 aliphatic rings. The van der Waals surface area contributed by atoms with Crippen molar-refractivity contribution in [3.05, 3.63) is 35.4 Å². The van der Waals surface area contributed by atoms with E-state index in [4.69, 9.17) is 0 Å². The number of nitrogens with one attached hydrogen (secondary N) is 1. The van der Waals surface area contributed by atoms with Gasteiger partial charge in [-0.25, -0.2) is 8.78 Å². The molecule has 0 heterocycles. The third kappa shape index (κ3) is 4.26. The molecule has 0 saturated heterocycles. The van der Waals surface area contributed by atoms with Gasteiger partial charge in [0.25, 0.3) is 0 Å². The Morgan fingerprint density at radius 3 is 2.33 bits per heavy atom. The first-order chi connectivity index (χ1) is 10.0. The molecule has 1 saturated carbocycles. The van der Waals surface area contributed by atoms with E-state index in [1.807, 2.05) is 0 Å². The van der Waals surface area contributed by atoms with Crippen molar-refractivity contribution in [2.45, 2.75) is 52.5 Å². The smallest absolute Gasteiger partial charge is 0.159 e. The lowest BCUT2D eigenvalue weighted by molar-refractivity contribution is 0.176. The van der Waals surface area contributed by atoms with Gasteiger partial charge in [-0.15, -0.1) is 0 Å². The van der Waals surface area contributed by atoms with Gasteiger partial charge >= 0.3 is 0 Å². The van der Waals surface area contributed by atoms with Crippen LogP contribution in [0.25, 0.3) is 0 Å². The normalized spacial score (nSPS) is 27.6. The van der Waals surface area contributed by atoms with Crippen molar-refractivity contribution < 1.29 is 8.78 Å². The summed E-state index contributed by atoms with van der Waals surface area (Å²) in [5.74, 6) is 0.399. The average Bonchev–Trinajstić information content (AvgIpc) is 2.42. The third-order valence-corrected chi connectivity index (χ3v) is 4.60. The summed E-state index contributed by atoms with van der Waals surface area (Å²) in [6, 6.07) is 4.48. The van der Waals surface area contributed by atoms with Crippen LogP contribution in [0.5, 0.6) is 0 Å². The number of benzene rings is 1. The Morgan fingerprint density at radius 1 is 1.10 bits per heavy atom. The number of hydrogen-bond donors (Lipinski definition) is 1. The zero-order chi connectivity index (χ0) is 15.4. The Labute approximate surface area is 127 Å². The van der Waals surface area contributed by atoms with Crippen molar-refractivity contribution in [1.82, 2.24) is 5.32 Å². The highest BCUT2D eigenvalue weighted by Crippen LogP contribution is 2.40. The first-order valence-electron chi connectivity index (χ1n) is 8.19. The Hall–Kier alpha value is -0.960. The minimum atomic E-state index is -0.765. The fourth-order valence-electron chi connectivity index (χ4n) is 3.84. The molecule has 3 atom stereocenters. The summed E-state index contributed by atoms with van der Waals surface area (Å²) in [5, 5.41) is 3.55. The van der Waals surface area contributed by atoms with Gasteiger partial charge in [0, 0.05) is 6.04 Å². The average molecular weight is 295 g/mol. The molecule has 1 aliphatic carbocycles. The molecule has 3 heteroatoms. The second-order valence-electron chi connectivity index (χ2n) is 6.78.